The highest BCUT2D eigenvalue weighted by Gasteiger charge is 2.28. The van der Waals surface area contributed by atoms with Gasteiger partial charge in [-0.3, -0.25) is 19.2 Å². The van der Waals surface area contributed by atoms with Gasteiger partial charge < -0.3 is 11.1 Å². The average molecular weight is 376 g/mol. The van der Waals surface area contributed by atoms with E-state index in [2.05, 4.69) is 5.32 Å². The lowest BCUT2D eigenvalue weighted by Crippen LogP contribution is -2.25. The molecular weight excluding hydrogens is 360 g/mol. The van der Waals surface area contributed by atoms with Gasteiger partial charge in [-0.25, -0.2) is 8.42 Å². The van der Waals surface area contributed by atoms with Crippen molar-refractivity contribution in [2.24, 2.45) is 0 Å². The molecule has 3 rings (SSSR count). The number of nitro benzene ring substituents is 1. The Balaban J connectivity index is 1.76. The van der Waals surface area contributed by atoms with Gasteiger partial charge in [0.05, 0.1) is 16.4 Å². The zero-order valence-electron chi connectivity index (χ0n) is 13.6. The average Bonchev–Trinajstić information content (AvgIpc) is 2.95. The monoisotopic (exact) mass is 376 g/mol. The number of nitrogen functional groups attached to an aromatic ring is 1. The lowest BCUT2D eigenvalue weighted by molar-refractivity contribution is -0.383. The Morgan fingerprint density at radius 1 is 1.19 bits per heavy atom. The fourth-order valence-electron chi connectivity index (χ4n) is 2.69. The van der Waals surface area contributed by atoms with Gasteiger partial charge in [-0.2, -0.15) is 0 Å². The maximum absolute atomic E-state index is 12.3. The molecule has 1 fully saturated rings. The Hall–Kier alpha value is -3.14. The van der Waals surface area contributed by atoms with Crippen LogP contribution in [0.1, 0.15) is 16.8 Å². The van der Waals surface area contributed by atoms with Crippen LogP contribution in [-0.2, 0) is 10.0 Å². The van der Waals surface area contributed by atoms with Crippen molar-refractivity contribution in [2.75, 3.05) is 27.7 Å². The predicted molar refractivity (Wildman–Crippen MR) is 97.7 cm³/mol. The normalized spacial score (nSPS) is 15.6. The van der Waals surface area contributed by atoms with E-state index in [9.17, 15) is 23.3 Å². The fourth-order valence-corrected chi connectivity index (χ4v) is 4.25. The van der Waals surface area contributed by atoms with E-state index in [0.29, 0.717) is 24.3 Å². The van der Waals surface area contributed by atoms with E-state index in [4.69, 9.17) is 5.73 Å². The quantitative estimate of drug-likeness (QED) is 0.476. The van der Waals surface area contributed by atoms with Gasteiger partial charge in [-0.1, -0.05) is 0 Å². The highest BCUT2D eigenvalue weighted by atomic mass is 32.2. The second kappa shape index (κ2) is 6.64. The van der Waals surface area contributed by atoms with Crippen LogP contribution in [0.4, 0.5) is 22.7 Å². The molecule has 0 aliphatic carbocycles. The van der Waals surface area contributed by atoms with Crippen LogP contribution in [0.2, 0.25) is 0 Å². The SMILES string of the molecule is Nc1ccc(C(=O)Nc2ccc(N3CCCS3(=O)=O)cc2)cc1[N+](=O)[O-]. The van der Waals surface area contributed by atoms with E-state index in [-0.39, 0.29) is 22.7 Å². The molecule has 1 saturated heterocycles. The number of hydrogen-bond acceptors (Lipinski definition) is 6. The van der Waals surface area contributed by atoms with Crippen molar-refractivity contribution in [1.82, 2.24) is 0 Å². The van der Waals surface area contributed by atoms with Gasteiger partial charge in [-0.05, 0) is 42.8 Å². The van der Waals surface area contributed by atoms with E-state index < -0.39 is 20.9 Å². The lowest BCUT2D eigenvalue weighted by Gasteiger charge is -2.17. The molecular formula is C16H16N4O5S. The Labute approximate surface area is 149 Å². The predicted octanol–water partition coefficient (Wildman–Crippen LogP) is 1.97. The molecule has 1 heterocycles. The summed E-state index contributed by atoms with van der Waals surface area (Å²) in [4.78, 5) is 22.5. The highest BCUT2D eigenvalue weighted by molar-refractivity contribution is 7.93. The number of rotatable bonds is 4. The minimum absolute atomic E-state index is 0.0253. The van der Waals surface area contributed by atoms with Crippen LogP contribution in [0.15, 0.2) is 42.5 Å². The van der Waals surface area contributed by atoms with E-state index in [1.165, 1.54) is 16.4 Å². The molecule has 1 aliphatic rings. The van der Waals surface area contributed by atoms with Crippen LogP contribution in [0.5, 0.6) is 0 Å². The number of benzene rings is 2. The summed E-state index contributed by atoms with van der Waals surface area (Å²) < 4.78 is 25.2. The van der Waals surface area contributed by atoms with Gasteiger partial charge in [0.1, 0.15) is 5.69 Å². The standard InChI is InChI=1S/C16H16N4O5S/c17-14-7-2-11(10-15(14)20(22)23)16(21)18-12-3-5-13(6-4-12)19-8-1-9-26(19,24)25/h2-7,10H,1,8-9,17H2,(H,18,21). The highest BCUT2D eigenvalue weighted by Crippen LogP contribution is 2.26. The van der Waals surface area contributed by atoms with Crippen molar-refractivity contribution in [3.8, 4) is 0 Å². The molecule has 0 atom stereocenters. The molecule has 0 aromatic heterocycles. The third-order valence-corrected chi connectivity index (χ3v) is 5.87. The molecule has 0 spiro atoms. The summed E-state index contributed by atoms with van der Waals surface area (Å²) in [6.45, 7) is 0.434. The Morgan fingerprint density at radius 3 is 2.46 bits per heavy atom. The summed E-state index contributed by atoms with van der Waals surface area (Å²) in [5.41, 5.74) is 6.21. The number of carbonyl (C=O) groups excluding carboxylic acids is 1. The van der Waals surface area contributed by atoms with Crippen molar-refractivity contribution in [3.05, 3.63) is 58.1 Å². The van der Waals surface area contributed by atoms with Crippen molar-refractivity contribution in [1.29, 1.82) is 0 Å². The van der Waals surface area contributed by atoms with Gasteiger partial charge in [-0.15, -0.1) is 0 Å². The molecule has 2 aromatic carbocycles. The molecule has 2 aromatic rings. The number of amides is 1. The molecule has 136 valence electrons. The second-order valence-corrected chi connectivity index (χ2v) is 7.79. The summed E-state index contributed by atoms with van der Waals surface area (Å²) in [5, 5.41) is 13.5. The molecule has 3 N–H and O–H groups in total. The van der Waals surface area contributed by atoms with Crippen molar-refractivity contribution >= 4 is 38.7 Å². The first-order chi connectivity index (χ1) is 12.3. The first kappa shape index (κ1) is 17.7. The number of sulfonamides is 1. The van der Waals surface area contributed by atoms with Gasteiger partial charge in [0.2, 0.25) is 10.0 Å². The van der Waals surface area contributed by atoms with Gasteiger partial charge in [0.25, 0.3) is 11.6 Å². The van der Waals surface area contributed by atoms with Crippen LogP contribution >= 0.6 is 0 Å². The van der Waals surface area contributed by atoms with Crippen molar-refractivity contribution in [2.45, 2.75) is 6.42 Å². The summed E-state index contributed by atoms with van der Waals surface area (Å²) >= 11 is 0. The number of hydrogen-bond donors (Lipinski definition) is 2. The van der Waals surface area contributed by atoms with Gasteiger partial charge in [0, 0.05) is 23.9 Å². The van der Waals surface area contributed by atoms with Crippen LogP contribution in [0.3, 0.4) is 0 Å². The Morgan fingerprint density at radius 2 is 1.88 bits per heavy atom. The molecule has 1 amide bonds. The molecule has 0 unspecified atom stereocenters. The smallest absolute Gasteiger partial charge is 0.292 e. The number of anilines is 3. The molecule has 1 aliphatic heterocycles. The van der Waals surface area contributed by atoms with Crippen molar-refractivity contribution < 1.29 is 18.1 Å². The van der Waals surface area contributed by atoms with E-state index in [0.717, 1.165) is 6.07 Å². The summed E-state index contributed by atoms with van der Waals surface area (Å²) in [7, 11) is -3.27. The number of nitrogens with one attached hydrogen (secondary N) is 1. The van der Waals surface area contributed by atoms with Crippen LogP contribution in [-0.4, -0.2) is 31.5 Å². The molecule has 0 bridgehead atoms. The molecule has 0 saturated carbocycles. The second-order valence-electron chi connectivity index (χ2n) is 5.77. The lowest BCUT2D eigenvalue weighted by atomic mass is 10.1. The molecule has 26 heavy (non-hydrogen) atoms. The Kier molecular flexibility index (Phi) is 4.51. The first-order valence-corrected chi connectivity index (χ1v) is 9.34. The van der Waals surface area contributed by atoms with E-state index in [1.54, 1.807) is 24.3 Å². The zero-order chi connectivity index (χ0) is 18.9. The topological polar surface area (TPSA) is 136 Å². The summed E-state index contributed by atoms with van der Waals surface area (Å²) in [5.74, 6) is -0.406. The third-order valence-electron chi connectivity index (χ3n) is 4.00. The minimum atomic E-state index is -3.27. The number of nitro groups is 1. The Bertz CT molecular complexity index is 973. The zero-order valence-corrected chi connectivity index (χ0v) is 14.4. The molecule has 9 nitrogen and oxygen atoms in total. The molecule has 0 radical (unpaired) electrons. The minimum Gasteiger partial charge on any atom is -0.393 e. The number of nitrogens with zero attached hydrogens (tertiary/aromatic N) is 2. The molecule has 10 heteroatoms. The number of carbonyl (C=O) groups is 1. The third kappa shape index (κ3) is 3.45. The van der Waals surface area contributed by atoms with E-state index >= 15 is 0 Å². The van der Waals surface area contributed by atoms with Gasteiger partial charge in [0.15, 0.2) is 0 Å². The van der Waals surface area contributed by atoms with Crippen molar-refractivity contribution in [3.63, 3.8) is 0 Å². The van der Waals surface area contributed by atoms with Crippen LogP contribution < -0.4 is 15.4 Å². The summed E-state index contributed by atoms with van der Waals surface area (Å²) in [6.07, 6.45) is 0.580. The summed E-state index contributed by atoms with van der Waals surface area (Å²) in [6, 6.07) is 10.2. The first-order valence-electron chi connectivity index (χ1n) is 7.74. The van der Waals surface area contributed by atoms with Crippen LogP contribution in [0, 0.1) is 10.1 Å². The van der Waals surface area contributed by atoms with Crippen LogP contribution in [0.25, 0.3) is 0 Å². The van der Waals surface area contributed by atoms with Gasteiger partial charge >= 0.3 is 0 Å². The fraction of sp³-hybridized carbons (Fsp3) is 0.188. The maximum Gasteiger partial charge on any atom is 0.292 e. The largest absolute Gasteiger partial charge is 0.393 e. The number of nitrogens with two attached hydrogens (primary N) is 1. The maximum atomic E-state index is 12.3. The van der Waals surface area contributed by atoms with E-state index in [1.807, 2.05) is 0 Å².